The van der Waals surface area contributed by atoms with E-state index in [2.05, 4.69) is 20.9 Å². The molecule has 1 aromatic carbocycles. The molecule has 0 saturated carbocycles. The van der Waals surface area contributed by atoms with Gasteiger partial charge in [0.15, 0.2) is 0 Å². The van der Waals surface area contributed by atoms with Crippen LogP contribution in [0.4, 0.5) is 5.82 Å². The van der Waals surface area contributed by atoms with Crippen LogP contribution in [0.25, 0.3) is 11.5 Å². The van der Waals surface area contributed by atoms with Gasteiger partial charge in [-0.05, 0) is 43.3 Å². The Morgan fingerprint density at radius 3 is 2.50 bits per heavy atom. The van der Waals surface area contributed by atoms with Gasteiger partial charge in [0.25, 0.3) is 0 Å². The van der Waals surface area contributed by atoms with E-state index in [0.29, 0.717) is 10.9 Å². The Kier molecular flexibility index (Phi) is 4.91. The SMILES string of the molecule is Cc1oc(-c2ccc(Cl)cc2)nc1CN1CCN(c2ccccn2)CC1. The Morgan fingerprint density at radius 1 is 1.04 bits per heavy atom. The molecule has 1 fully saturated rings. The largest absolute Gasteiger partial charge is 0.441 e. The van der Waals surface area contributed by atoms with Crippen LogP contribution in [0.5, 0.6) is 0 Å². The molecule has 0 N–H and O–H groups in total. The highest BCUT2D eigenvalue weighted by Crippen LogP contribution is 2.24. The first-order valence-corrected chi connectivity index (χ1v) is 9.17. The number of piperazine rings is 1. The quantitative estimate of drug-likeness (QED) is 0.696. The summed E-state index contributed by atoms with van der Waals surface area (Å²) in [4.78, 5) is 13.9. The second-order valence-electron chi connectivity index (χ2n) is 6.48. The number of rotatable bonds is 4. The van der Waals surface area contributed by atoms with Crippen LogP contribution in [0.15, 0.2) is 53.1 Å². The molecular formula is C20H21ClN4O. The van der Waals surface area contributed by atoms with Crippen molar-refractivity contribution in [1.82, 2.24) is 14.9 Å². The third-order valence-electron chi connectivity index (χ3n) is 4.70. The van der Waals surface area contributed by atoms with Crippen LogP contribution in [0, 0.1) is 6.92 Å². The van der Waals surface area contributed by atoms with Gasteiger partial charge in [0.2, 0.25) is 5.89 Å². The number of anilines is 1. The lowest BCUT2D eigenvalue weighted by atomic mass is 10.2. The van der Waals surface area contributed by atoms with E-state index in [4.69, 9.17) is 21.0 Å². The predicted molar refractivity (Wildman–Crippen MR) is 103 cm³/mol. The first kappa shape index (κ1) is 17.1. The van der Waals surface area contributed by atoms with Crippen molar-refractivity contribution in [3.05, 3.63) is 65.1 Å². The van der Waals surface area contributed by atoms with Gasteiger partial charge in [0.05, 0.1) is 5.69 Å². The molecule has 0 unspecified atom stereocenters. The van der Waals surface area contributed by atoms with Crippen LogP contribution in [-0.2, 0) is 6.54 Å². The van der Waals surface area contributed by atoms with Gasteiger partial charge in [-0.15, -0.1) is 0 Å². The van der Waals surface area contributed by atoms with Gasteiger partial charge in [0, 0.05) is 49.5 Å². The van der Waals surface area contributed by atoms with Gasteiger partial charge in [-0.2, -0.15) is 0 Å². The molecule has 3 heterocycles. The van der Waals surface area contributed by atoms with Crippen molar-refractivity contribution in [2.45, 2.75) is 13.5 Å². The van der Waals surface area contributed by atoms with Gasteiger partial charge < -0.3 is 9.32 Å². The number of benzene rings is 1. The number of aryl methyl sites for hydroxylation is 1. The summed E-state index contributed by atoms with van der Waals surface area (Å²) in [5, 5.41) is 0.711. The molecule has 5 nitrogen and oxygen atoms in total. The topological polar surface area (TPSA) is 45.4 Å². The van der Waals surface area contributed by atoms with Crippen LogP contribution in [-0.4, -0.2) is 41.0 Å². The highest BCUT2D eigenvalue weighted by molar-refractivity contribution is 6.30. The summed E-state index contributed by atoms with van der Waals surface area (Å²) in [5.41, 5.74) is 1.95. The van der Waals surface area contributed by atoms with Gasteiger partial charge in [-0.3, -0.25) is 4.90 Å². The zero-order chi connectivity index (χ0) is 17.9. The molecule has 0 aliphatic carbocycles. The summed E-state index contributed by atoms with van der Waals surface area (Å²) in [7, 11) is 0. The Labute approximate surface area is 158 Å². The van der Waals surface area contributed by atoms with Gasteiger partial charge in [0.1, 0.15) is 11.6 Å². The zero-order valence-electron chi connectivity index (χ0n) is 14.7. The second kappa shape index (κ2) is 7.48. The monoisotopic (exact) mass is 368 g/mol. The van der Waals surface area contributed by atoms with E-state index in [1.165, 1.54) is 0 Å². The van der Waals surface area contributed by atoms with Gasteiger partial charge >= 0.3 is 0 Å². The molecule has 2 aromatic heterocycles. The normalized spacial score (nSPS) is 15.4. The molecule has 0 atom stereocenters. The van der Waals surface area contributed by atoms with Crippen molar-refractivity contribution in [3.8, 4) is 11.5 Å². The standard InChI is InChI=1S/C20H21ClN4O/c1-15-18(23-20(26-15)16-5-7-17(21)8-6-16)14-24-10-12-25(13-11-24)19-4-2-3-9-22-19/h2-9H,10-14H2,1H3. The van der Waals surface area contributed by atoms with E-state index in [9.17, 15) is 0 Å². The van der Waals surface area contributed by atoms with Crippen molar-refractivity contribution >= 4 is 17.4 Å². The maximum Gasteiger partial charge on any atom is 0.226 e. The molecule has 0 amide bonds. The predicted octanol–water partition coefficient (Wildman–Crippen LogP) is 4.02. The van der Waals surface area contributed by atoms with Crippen molar-refractivity contribution in [2.24, 2.45) is 0 Å². The first-order chi connectivity index (χ1) is 12.7. The Morgan fingerprint density at radius 2 is 1.81 bits per heavy atom. The minimum absolute atomic E-state index is 0.654. The maximum absolute atomic E-state index is 5.95. The zero-order valence-corrected chi connectivity index (χ0v) is 15.5. The van der Waals surface area contributed by atoms with Gasteiger partial charge in [-0.1, -0.05) is 17.7 Å². The highest BCUT2D eigenvalue weighted by Gasteiger charge is 2.20. The van der Waals surface area contributed by atoms with Crippen LogP contribution < -0.4 is 4.90 Å². The number of pyridine rings is 1. The summed E-state index contributed by atoms with van der Waals surface area (Å²) < 4.78 is 5.87. The second-order valence-corrected chi connectivity index (χ2v) is 6.92. The Bertz CT molecular complexity index is 855. The van der Waals surface area contributed by atoms with E-state index in [1.807, 2.05) is 49.5 Å². The lowest BCUT2D eigenvalue weighted by Crippen LogP contribution is -2.46. The molecule has 1 aliphatic rings. The molecule has 0 radical (unpaired) electrons. The number of aromatic nitrogens is 2. The molecule has 134 valence electrons. The van der Waals surface area contributed by atoms with Crippen LogP contribution in [0.2, 0.25) is 5.02 Å². The molecule has 6 heteroatoms. The molecule has 0 spiro atoms. The minimum Gasteiger partial charge on any atom is -0.441 e. The third kappa shape index (κ3) is 3.74. The fourth-order valence-electron chi connectivity index (χ4n) is 3.18. The fraction of sp³-hybridized carbons (Fsp3) is 0.300. The van der Waals surface area contributed by atoms with Gasteiger partial charge in [-0.25, -0.2) is 9.97 Å². The van der Waals surface area contributed by atoms with Crippen LogP contribution in [0.1, 0.15) is 11.5 Å². The number of nitrogens with zero attached hydrogens (tertiary/aromatic N) is 4. The van der Waals surface area contributed by atoms with E-state index in [0.717, 1.165) is 55.6 Å². The number of halogens is 1. The number of hydrogen-bond donors (Lipinski definition) is 0. The minimum atomic E-state index is 0.654. The first-order valence-electron chi connectivity index (χ1n) is 8.79. The molecule has 4 rings (SSSR count). The molecular weight excluding hydrogens is 348 g/mol. The van der Waals surface area contributed by atoms with Crippen molar-refractivity contribution in [1.29, 1.82) is 0 Å². The summed E-state index contributed by atoms with van der Waals surface area (Å²) >= 11 is 5.95. The average Bonchev–Trinajstić information content (AvgIpc) is 3.04. The highest BCUT2D eigenvalue weighted by atomic mass is 35.5. The van der Waals surface area contributed by atoms with E-state index in [-0.39, 0.29) is 0 Å². The van der Waals surface area contributed by atoms with Crippen molar-refractivity contribution in [2.75, 3.05) is 31.1 Å². The lowest BCUT2D eigenvalue weighted by molar-refractivity contribution is 0.245. The summed E-state index contributed by atoms with van der Waals surface area (Å²) in [5.74, 6) is 2.58. The van der Waals surface area contributed by atoms with Crippen LogP contribution in [0.3, 0.4) is 0 Å². The Hall–Kier alpha value is -2.37. The van der Waals surface area contributed by atoms with Crippen molar-refractivity contribution < 1.29 is 4.42 Å². The average molecular weight is 369 g/mol. The maximum atomic E-state index is 5.95. The summed E-state index contributed by atoms with van der Waals surface area (Å²) in [6.45, 7) is 6.69. The molecule has 0 bridgehead atoms. The third-order valence-corrected chi connectivity index (χ3v) is 4.95. The lowest BCUT2D eigenvalue weighted by Gasteiger charge is -2.35. The fourth-order valence-corrected chi connectivity index (χ4v) is 3.30. The summed E-state index contributed by atoms with van der Waals surface area (Å²) in [6.07, 6.45) is 1.85. The van der Waals surface area contributed by atoms with E-state index >= 15 is 0 Å². The Balaban J connectivity index is 1.40. The summed E-state index contributed by atoms with van der Waals surface area (Å²) in [6, 6.07) is 13.6. The smallest absolute Gasteiger partial charge is 0.226 e. The van der Waals surface area contributed by atoms with E-state index in [1.54, 1.807) is 0 Å². The van der Waals surface area contributed by atoms with E-state index < -0.39 is 0 Å². The molecule has 26 heavy (non-hydrogen) atoms. The van der Waals surface area contributed by atoms with Crippen LogP contribution >= 0.6 is 11.6 Å². The molecule has 1 saturated heterocycles. The number of oxazole rings is 1. The molecule has 1 aliphatic heterocycles. The molecule has 3 aromatic rings. The number of hydrogen-bond acceptors (Lipinski definition) is 5. The van der Waals surface area contributed by atoms with Crippen molar-refractivity contribution in [3.63, 3.8) is 0 Å².